The van der Waals surface area contributed by atoms with Gasteiger partial charge in [0.25, 0.3) is 0 Å². The molecule has 0 amide bonds. The van der Waals surface area contributed by atoms with Gasteiger partial charge in [-0.15, -0.1) is 0 Å². The molecule has 0 aliphatic rings. The summed E-state index contributed by atoms with van der Waals surface area (Å²) in [6.07, 6.45) is 1.72. The van der Waals surface area contributed by atoms with Crippen LogP contribution in [-0.4, -0.2) is 24.5 Å². The first kappa shape index (κ1) is 13.7. The zero-order valence-corrected chi connectivity index (χ0v) is 12.3. The lowest BCUT2D eigenvalue weighted by molar-refractivity contribution is 0.549. The second-order valence-electron chi connectivity index (χ2n) is 4.84. The predicted molar refractivity (Wildman–Crippen MR) is 73.6 cm³/mol. The van der Waals surface area contributed by atoms with Crippen molar-refractivity contribution in [3.05, 3.63) is 29.1 Å². The van der Waals surface area contributed by atoms with E-state index < -0.39 is 0 Å². The van der Waals surface area contributed by atoms with Gasteiger partial charge in [0, 0.05) is 30.9 Å². The van der Waals surface area contributed by atoms with Crippen LogP contribution in [0.25, 0.3) is 0 Å². The van der Waals surface area contributed by atoms with Crippen molar-refractivity contribution in [2.24, 2.45) is 7.05 Å². The summed E-state index contributed by atoms with van der Waals surface area (Å²) in [5, 5.41) is 12.3. The van der Waals surface area contributed by atoms with Crippen LogP contribution >= 0.6 is 0 Å². The fourth-order valence-electron chi connectivity index (χ4n) is 2.46. The van der Waals surface area contributed by atoms with Crippen LogP contribution in [0.15, 0.2) is 6.33 Å². The molecule has 1 atom stereocenters. The van der Waals surface area contributed by atoms with E-state index in [1.807, 2.05) is 11.7 Å². The standard InChI is InChI=1S/C13H22N6/c1-6-19-11(4)13(10(3)16-19)9(2)14-7-12-15-8-18(5)17-12/h8-9,14H,6-7H2,1-5H3. The van der Waals surface area contributed by atoms with Crippen molar-refractivity contribution in [1.29, 1.82) is 0 Å². The Morgan fingerprint density at radius 1 is 1.32 bits per heavy atom. The van der Waals surface area contributed by atoms with E-state index in [1.165, 1.54) is 11.3 Å². The highest BCUT2D eigenvalue weighted by Crippen LogP contribution is 2.21. The molecular formula is C13H22N6. The van der Waals surface area contributed by atoms with Gasteiger partial charge in [-0.1, -0.05) is 0 Å². The average molecular weight is 262 g/mol. The molecule has 0 aromatic carbocycles. The van der Waals surface area contributed by atoms with E-state index >= 15 is 0 Å². The summed E-state index contributed by atoms with van der Waals surface area (Å²) in [5.41, 5.74) is 3.60. The largest absolute Gasteiger partial charge is 0.303 e. The summed E-state index contributed by atoms with van der Waals surface area (Å²) < 4.78 is 3.76. The summed E-state index contributed by atoms with van der Waals surface area (Å²) >= 11 is 0. The SMILES string of the molecule is CCn1nc(C)c(C(C)NCc2ncn(C)n2)c1C. The fraction of sp³-hybridized carbons (Fsp3) is 0.615. The minimum absolute atomic E-state index is 0.240. The molecule has 0 aliphatic heterocycles. The van der Waals surface area contributed by atoms with Gasteiger partial charge in [0.2, 0.25) is 0 Å². The molecule has 0 spiro atoms. The number of hydrogen-bond donors (Lipinski definition) is 1. The lowest BCUT2D eigenvalue weighted by atomic mass is 10.1. The van der Waals surface area contributed by atoms with Gasteiger partial charge in [0.1, 0.15) is 6.33 Å². The van der Waals surface area contributed by atoms with Gasteiger partial charge in [0.15, 0.2) is 5.82 Å². The van der Waals surface area contributed by atoms with Crippen molar-refractivity contribution in [2.75, 3.05) is 0 Å². The molecule has 2 aromatic heterocycles. The van der Waals surface area contributed by atoms with E-state index in [4.69, 9.17) is 0 Å². The van der Waals surface area contributed by atoms with Gasteiger partial charge < -0.3 is 5.32 Å². The normalized spacial score (nSPS) is 12.9. The summed E-state index contributed by atoms with van der Waals surface area (Å²) in [6, 6.07) is 0.240. The van der Waals surface area contributed by atoms with E-state index in [-0.39, 0.29) is 6.04 Å². The summed E-state index contributed by atoms with van der Waals surface area (Å²) in [7, 11) is 1.87. The maximum Gasteiger partial charge on any atom is 0.164 e. The Morgan fingerprint density at radius 2 is 2.05 bits per heavy atom. The third kappa shape index (κ3) is 2.84. The molecular weight excluding hydrogens is 240 g/mol. The first-order valence-electron chi connectivity index (χ1n) is 6.64. The summed E-state index contributed by atoms with van der Waals surface area (Å²) in [4.78, 5) is 4.22. The number of hydrogen-bond acceptors (Lipinski definition) is 4. The predicted octanol–water partition coefficient (Wildman–Crippen LogP) is 1.50. The first-order valence-corrected chi connectivity index (χ1v) is 6.64. The quantitative estimate of drug-likeness (QED) is 0.887. The molecule has 0 saturated carbocycles. The number of aromatic nitrogens is 5. The van der Waals surface area contributed by atoms with Crippen LogP contribution in [0.5, 0.6) is 0 Å². The molecule has 19 heavy (non-hydrogen) atoms. The monoisotopic (exact) mass is 262 g/mol. The lowest BCUT2D eigenvalue weighted by Crippen LogP contribution is -2.20. The Morgan fingerprint density at radius 3 is 2.58 bits per heavy atom. The Hall–Kier alpha value is -1.69. The molecule has 6 nitrogen and oxygen atoms in total. The summed E-state index contributed by atoms with van der Waals surface area (Å²) in [5.74, 6) is 0.813. The molecule has 0 radical (unpaired) electrons. The summed E-state index contributed by atoms with van der Waals surface area (Å²) in [6.45, 7) is 10.0. The van der Waals surface area contributed by atoms with Gasteiger partial charge in [-0.3, -0.25) is 9.36 Å². The lowest BCUT2D eigenvalue weighted by Gasteiger charge is -2.13. The maximum atomic E-state index is 4.55. The molecule has 6 heteroatoms. The zero-order valence-electron chi connectivity index (χ0n) is 12.3. The Kier molecular flexibility index (Phi) is 3.99. The van der Waals surface area contributed by atoms with Crippen LogP contribution in [0.1, 0.15) is 42.7 Å². The van der Waals surface area contributed by atoms with Crippen molar-refractivity contribution in [1.82, 2.24) is 29.9 Å². The van der Waals surface area contributed by atoms with Crippen LogP contribution in [0.2, 0.25) is 0 Å². The molecule has 0 saturated heterocycles. The Bertz CT molecular complexity index is 553. The van der Waals surface area contributed by atoms with E-state index in [9.17, 15) is 0 Å². The maximum absolute atomic E-state index is 4.55. The molecule has 2 aromatic rings. The van der Waals surface area contributed by atoms with Gasteiger partial charge in [0.05, 0.1) is 12.2 Å². The minimum Gasteiger partial charge on any atom is -0.303 e. The van der Waals surface area contributed by atoms with E-state index in [1.54, 1.807) is 11.0 Å². The Labute approximate surface area is 113 Å². The average Bonchev–Trinajstić information content (AvgIpc) is 2.90. The van der Waals surface area contributed by atoms with Crippen molar-refractivity contribution in [2.45, 2.75) is 46.8 Å². The molecule has 2 heterocycles. The van der Waals surface area contributed by atoms with Crippen LogP contribution in [-0.2, 0) is 20.1 Å². The van der Waals surface area contributed by atoms with Crippen molar-refractivity contribution < 1.29 is 0 Å². The van der Waals surface area contributed by atoms with Crippen LogP contribution in [0.3, 0.4) is 0 Å². The third-order valence-electron chi connectivity index (χ3n) is 3.38. The molecule has 2 rings (SSSR count). The minimum atomic E-state index is 0.240. The molecule has 104 valence electrons. The molecule has 0 bridgehead atoms. The molecule has 1 N–H and O–H groups in total. The van der Waals surface area contributed by atoms with Crippen molar-refractivity contribution in [3.63, 3.8) is 0 Å². The number of rotatable bonds is 5. The van der Waals surface area contributed by atoms with Crippen molar-refractivity contribution >= 4 is 0 Å². The highest BCUT2D eigenvalue weighted by atomic mass is 15.3. The highest BCUT2D eigenvalue weighted by molar-refractivity contribution is 5.27. The van der Waals surface area contributed by atoms with Gasteiger partial charge >= 0.3 is 0 Å². The van der Waals surface area contributed by atoms with Crippen LogP contribution in [0.4, 0.5) is 0 Å². The zero-order chi connectivity index (χ0) is 14.0. The second kappa shape index (κ2) is 5.52. The van der Waals surface area contributed by atoms with Crippen molar-refractivity contribution in [3.8, 4) is 0 Å². The van der Waals surface area contributed by atoms with Crippen LogP contribution in [0, 0.1) is 13.8 Å². The Balaban J connectivity index is 2.07. The van der Waals surface area contributed by atoms with Gasteiger partial charge in [-0.05, 0) is 27.7 Å². The number of nitrogens with zero attached hydrogens (tertiary/aromatic N) is 5. The van der Waals surface area contributed by atoms with Gasteiger partial charge in [-0.25, -0.2) is 4.98 Å². The smallest absolute Gasteiger partial charge is 0.164 e. The molecule has 0 aliphatic carbocycles. The van der Waals surface area contributed by atoms with E-state index in [0.29, 0.717) is 6.54 Å². The van der Waals surface area contributed by atoms with E-state index in [2.05, 4.69) is 48.2 Å². The third-order valence-corrected chi connectivity index (χ3v) is 3.38. The first-order chi connectivity index (χ1) is 9.02. The highest BCUT2D eigenvalue weighted by Gasteiger charge is 2.16. The van der Waals surface area contributed by atoms with E-state index in [0.717, 1.165) is 18.1 Å². The fourth-order valence-corrected chi connectivity index (χ4v) is 2.46. The molecule has 0 fully saturated rings. The number of nitrogens with one attached hydrogen (secondary N) is 1. The number of aryl methyl sites for hydroxylation is 3. The van der Waals surface area contributed by atoms with Crippen LogP contribution < -0.4 is 5.32 Å². The second-order valence-corrected chi connectivity index (χ2v) is 4.84. The molecule has 1 unspecified atom stereocenters. The topological polar surface area (TPSA) is 60.6 Å². The van der Waals surface area contributed by atoms with Gasteiger partial charge in [-0.2, -0.15) is 10.2 Å².